The van der Waals surface area contributed by atoms with E-state index in [1.54, 1.807) is 25.1 Å². The number of hydrogen-bond donors (Lipinski definition) is 1. The van der Waals surface area contributed by atoms with E-state index >= 15 is 0 Å². The lowest BCUT2D eigenvalue weighted by molar-refractivity contribution is -0.141. The molecule has 0 aliphatic carbocycles. The summed E-state index contributed by atoms with van der Waals surface area (Å²) in [6.45, 7) is 1.17. The maximum Gasteiger partial charge on any atom is 0.434 e. The number of amides is 1. The molecule has 7 nitrogen and oxygen atoms in total. The van der Waals surface area contributed by atoms with Crippen LogP contribution in [0.25, 0.3) is 11.3 Å². The van der Waals surface area contributed by atoms with Crippen LogP contribution in [0.15, 0.2) is 59.8 Å². The molecule has 0 saturated carbocycles. The van der Waals surface area contributed by atoms with Gasteiger partial charge in [0.25, 0.3) is 0 Å². The zero-order valence-electron chi connectivity index (χ0n) is 19.3. The Morgan fingerprint density at radius 1 is 1.11 bits per heavy atom. The van der Waals surface area contributed by atoms with Crippen LogP contribution in [0.5, 0.6) is 0 Å². The first-order valence-corrected chi connectivity index (χ1v) is 12.5. The molecule has 3 aromatic rings. The average molecular weight is 541 g/mol. The first-order chi connectivity index (χ1) is 17.3. The van der Waals surface area contributed by atoms with E-state index in [-0.39, 0.29) is 23.6 Å². The largest absolute Gasteiger partial charge is 0.434 e. The average Bonchev–Trinajstić information content (AvgIpc) is 3.25. The molecule has 2 atom stereocenters. The number of sulfonamides is 1. The number of nitrogens with zero attached hydrogens (tertiary/aromatic N) is 3. The molecule has 1 aliphatic heterocycles. The van der Waals surface area contributed by atoms with E-state index in [4.69, 9.17) is 0 Å². The zero-order valence-corrected chi connectivity index (χ0v) is 20.2. The normalized spacial score (nSPS) is 18.6. The molecule has 1 N–H and O–H groups in total. The van der Waals surface area contributed by atoms with Crippen molar-refractivity contribution in [3.8, 4) is 11.3 Å². The van der Waals surface area contributed by atoms with Crippen molar-refractivity contribution in [1.29, 1.82) is 0 Å². The Bertz CT molecular complexity index is 1400. The van der Waals surface area contributed by atoms with Gasteiger partial charge in [0.2, 0.25) is 15.9 Å². The van der Waals surface area contributed by atoms with Crippen molar-refractivity contribution in [3.05, 3.63) is 77.5 Å². The molecule has 4 rings (SSSR count). The van der Waals surface area contributed by atoms with Crippen molar-refractivity contribution in [2.75, 3.05) is 6.54 Å². The van der Waals surface area contributed by atoms with Gasteiger partial charge >= 0.3 is 6.18 Å². The molecule has 1 amide bonds. The molecule has 1 aliphatic rings. The molecule has 0 radical (unpaired) electrons. The molecule has 2 aromatic carbocycles. The molecular weight excluding hydrogens is 519 g/mol. The summed E-state index contributed by atoms with van der Waals surface area (Å²) in [7, 11) is -4.26. The van der Waals surface area contributed by atoms with E-state index < -0.39 is 52.4 Å². The SMILES string of the molecule is Cc1cc(CNC(=O)[C@@H]2C[C@@H](F)CN2S(=O)(=O)c2ccc(F)cc2)cc(-c2cnc(C(F)(F)F)cn2)c1. The molecule has 0 spiro atoms. The smallest absolute Gasteiger partial charge is 0.351 e. The van der Waals surface area contributed by atoms with E-state index in [1.165, 1.54) is 0 Å². The Balaban J connectivity index is 1.50. The quantitative estimate of drug-likeness (QED) is 0.477. The van der Waals surface area contributed by atoms with Gasteiger partial charge in [-0.1, -0.05) is 11.6 Å². The Morgan fingerprint density at radius 3 is 2.43 bits per heavy atom. The first kappa shape index (κ1) is 26.6. The number of aromatic nitrogens is 2. The van der Waals surface area contributed by atoms with Gasteiger partial charge in [0.15, 0.2) is 5.69 Å². The number of hydrogen-bond acceptors (Lipinski definition) is 5. The van der Waals surface area contributed by atoms with E-state index in [0.29, 0.717) is 17.3 Å². The Kier molecular flexibility index (Phi) is 7.29. The van der Waals surface area contributed by atoms with E-state index in [2.05, 4.69) is 15.3 Å². The summed E-state index contributed by atoms with van der Waals surface area (Å²) in [4.78, 5) is 19.9. The number of carbonyl (C=O) groups is 1. The van der Waals surface area contributed by atoms with Crippen molar-refractivity contribution in [2.45, 2.75) is 43.2 Å². The molecular formula is C24H21F5N4O3S. The van der Waals surface area contributed by atoms with Gasteiger partial charge in [-0.25, -0.2) is 22.2 Å². The van der Waals surface area contributed by atoms with Gasteiger partial charge in [0.1, 0.15) is 18.0 Å². The number of benzene rings is 2. The molecule has 196 valence electrons. The number of nitrogens with one attached hydrogen (secondary N) is 1. The number of carbonyl (C=O) groups excluding carboxylic acids is 1. The predicted octanol–water partition coefficient (Wildman–Crippen LogP) is 4.03. The fourth-order valence-corrected chi connectivity index (χ4v) is 5.67. The molecule has 0 bridgehead atoms. The van der Waals surface area contributed by atoms with E-state index in [0.717, 1.165) is 40.3 Å². The van der Waals surface area contributed by atoms with Crippen molar-refractivity contribution >= 4 is 15.9 Å². The molecule has 0 unspecified atom stereocenters. The first-order valence-electron chi connectivity index (χ1n) is 11.0. The minimum Gasteiger partial charge on any atom is -0.351 e. The summed E-state index contributed by atoms with van der Waals surface area (Å²) < 4.78 is 92.5. The highest BCUT2D eigenvalue weighted by molar-refractivity contribution is 7.89. The lowest BCUT2D eigenvalue weighted by Crippen LogP contribution is -2.45. The van der Waals surface area contributed by atoms with Crippen molar-refractivity contribution in [2.24, 2.45) is 0 Å². The van der Waals surface area contributed by atoms with Crippen molar-refractivity contribution < 1.29 is 35.2 Å². The van der Waals surface area contributed by atoms with Crippen LogP contribution in [0.2, 0.25) is 0 Å². The highest BCUT2D eigenvalue weighted by Gasteiger charge is 2.44. The van der Waals surface area contributed by atoms with Crippen LogP contribution in [0.3, 0.4) is 0 Å². The molecule has 1 saturated heterocycles. The molecule has 2 heterocycles. The number of alkyl halides is 4. The van der Waals surface area contributed by atoms with Crippen LogP contribution in [0, 0.1) is 12.7 Å². The van der Waals surface area contributed by atoms with Gasteiger partial charge in [-0.05, 0) is 48.9 Å². The number of halogens is 5. The second-order valence-electron chi connectivity index (χ2n) is 8.59. The van der Waals surface area contributed by atoms with E-state index in [9.17, 15) is 35.2 Å². The number of aryl methyl sites for hydroxylation is 1. The van der Waals surface area contributed by atoms with Crippen LogP contribution >= 0.6 is 0 Å². The summed E-state index contributed by atoms with van der Waals surface area (Å²) in [6, 6.07) is 7.71. The predicted molar refractivity (Wildman–Crippen MR) is 123 cm³/mol. The van der Waals surface area contributed by atoms with Crippen LogP contribution in [0.4, 0.5) is 22.0 Å². The van der Waals surface area contributed by atoms with Crippen LogP contribution in [-0.4, -0.2) is 47.4 Å². The lowest BCUT2D eigenvalue weighted by atomic mass is 10.0. The monoisotopic (exact) mass is 540 g/mol. The third kappa shape index (κ3) is 5.93. The van der Waals surface area contributed by atoms with Crippen LogP contribution < -0.4 is 5.32 Å². The Labute approximate surface area is 209 Å². The fourth-order valence-electron chi connectivity index (χ4n) is 4.05. The highest BCUT2D eigenvalue weighted by atomic mass is 32.2. The van der Waals surface area contributed by atoms with Gasteiger partial charge in [-0.2, -0.15) is 17.5 Å². The molecule has 37 heavy (non-hydrogen) atoms. The standard InChI is InChI=1S/C24H21F5N4O3S/c1-14-6-15(8-16(7-14)20-11-31-22(12-30-20)24(27,28)29)10-32-23(34)21-9-18(26)13-33(21)37(35,36)19-4-2-17(25)3-5-19/h2-8,11-12,18,21H,9-10,13H2,1H3,(H,32,34)/t18-,21+/m1/s1. The minimum atomic E-state index is -4.62. The summed E-state index contributed by atoms with van der Waals surface area (Å²) >= 11 is 0. The molecule has 1 fully saturated rings. The molecule has 1 aromatic heterocycles. The van der Waals surface area contributed by atoms with Gasteiger partial charge < -0.3 is 5.32 Å². The van der Waals surface area contributed by atoms with E-state index in [1.807, 2.05) is 0 Å². The zero-order chi connectivity index (χ0) is 27.0. The summed E-state index contributed by atoms with van der Waals surface area (Å²) in [5.41, 5.74) is 0.827. The summed E-state index contributed by atoms with van der Waals surface area (Å²) in [5, 5.41) is 2.60. The van der Waals surface area contributed by atoms with Gasteiger partial charge in [-0.3, -0.25) is 9.78 Å². The Hall–Kier alpha value is -3.45. The summed E-state index contributed by atoms with van der Waals surface area (Å²) in [6.07, 6.45) is -4.90. The second-order valence-corrected chi connectivity index (χ2v) is 10.5. The number of rotatable bonds is 6. The minimum absolute atomic E-state index is 0.0561. The van der Waals surface area contributed by atoms with Gasteiger partial charge in [-0.15, -0.1) is 0 Å². The van der Waals surface area contributed by atoms with Gasteiger partial charge in [0, 0.05) is 25.1 Å². The van der Waals surface area contributed by atoms with Crippen LogP contribution in [0.1, 0.15) is 23.2 Å². The van der Waals surface area contributed by atoms with Crippen molar-refractivity contribution in [1.82, 2.24) is 19.6 Å². The lowest BCUT2D eigenvalue weighted by Gasteiger charge is -2.23. The summed E-state index contributed by atoms with van der Waals surface area (Å²) in [5.74, 6) is -1.36. The van der Waals surface area contributed by atoms with Crippen LogP contribution in [-0.2, 0) is 27.5 Å². The second kappa shape index (κ2) is 10.1. The Morgan fingerprint density at radius 2 is 1.81 bits per heavy atom. The highest BCUT2D eigenvalue weighted by Crippen LogP contribution is 2.30. The molecule has 13 heteroatoms. The van der Waals surface area contributed by atoms with Gasteiger partial charge in [0.05, 0.1) is 23.0 Å². The fraction of sp³-hybridized carbons (Fsp3) is 0.292. The third-order valence-electron chi connectivity index (χ3n) is 5.77. The maximum atomic E-state index is 14.2. The maximum absolute atomic E-state index is 14.2. The third-order valence-corrected chi connectivity index (χ3v) is 7.66. The van der Waals surface area contributed by atoms with Crippen molar-refractivity contribution in [3.63, 3.8) is 0 Å². The topological polar surface area (TPSA) is 92.3 Å².